The first-order chi connectivity index (χ1) is 8.08. The quantitative estimate of drug-likeness (QED) is 0.809. The molecule has 1 rings (SSSR count). The zero-order valence-corrected chi connectivity index (χ0v) is 10.6. The third-order valence-electron chi connectivity index (χ3n) is 2.81. The third-order valence-corrected chi connectivity index (χ3v) is 2.81. The molecule has 0 amide bonds. The second-order valence-corrected chi connectivity index (χ2v) is 3.87. The summed E-state index contributed by atoms with van der Waals surface area (Å²) in [6.45, 7) is 8.84. The Bertz CT molecular complexity index is 389. The van der Waals surface area contributed by atoms with Crippen LogP contribution in [-0.4, -0.2) is 45.6 Å². The summed E-state index contributed by atoms with van der Waals surface area (Å²) in [4.78, 5) is 21.4. The minimum absolute atomic E-state index is 0.177. The molecule has 0 aliphatic carbocycles. The Labute approximate surface area is 102 Å². The molecule has 5 heteroatoms. The molecule has 1 N–H and O–H groups in total. The van der Waals surface area contributed by atoms with E-state index in [9.17, 15) is 4.79 Å². The summed E-state index contributed by atoms with van der Waals surface area (Å²) in [6.07, 6.45) is 2.14. The lowest BCUT2D eigenvalue weighted by molar-refractivity contribution is 0.0695. The fraction of sp³-hybridized carbons (Fsp3) is 0.583. The maximum absolute atomic E-state index is 10.8. The lowest BCUT2D eigenvalue weighted by atomic mass is 10.2. The van der Waals surface area contributed by atoms with E-state index < -0.39 is 5.97 Å². The Morgan fingerprint density at radius 1 is 1.41 bits per heavy atom. The number of aryl methyl sites for hydroxylation is 1. The molecule has 0 aromatic carbocycles. The number of aromatic nitrogens is 2. The molecule has 0 aliphatic rings. The van der Waals surface area contributed by atoms with Crippen LogP contribution >= 0.6 is 0 Å². The SMILES string of the molecule is CCN(CC)CCc1ncc(C(=O)O)c(C)n1. The maximum atomic E-state index is 10.8. The fourth-order valence-electron chi connectivity index (χ4n) is 1.64. The van der Waals surface area contributed by atoms with Crippen molar-refractivity contribution in [3.63, 3.8) is 0 Å². The normalized spacial score (nSPS) is 10.8. The van der Waals surface area contributed by atoms with E-state index in [1.165, 1.54) is 6.20 Å². The van der Waals surface area contributed by atoms with Crippen LogP contribution in [0.25, 0.3) is 0 Å². The highest BCUT2D eigenvalue weighted by Crippen LogP contribution is 2.04. The van der Waals surface area contributed by atoms with Crippen LogP contribution in [0.15, 0.2) is 6.20 Å². The van der Waals surface area contributed by atoms with Crippen molar-refractivity contribution in [1.82, 2.24) is 14.9 Å². The van der Waals surface area contributed by atoms with Gasteiger partial charge in [0.1, 0.15) is 5.82 Å². The first-order valence-corrected chi connectivity index (χ1v) is 5.86. The molecule has 94 valence electrons. The molecular formula is C12H19N3O2. The molecule has 17 heavy (non-hydrogen) atoms. The van der Waals surface area contributed by atoms with Gasteiger partial charge in [0.05, 0.1) is 11.3 Å². The van der Waals surface area contributed by atoms with E-state index in [1.54, 1.807) is 6.92 Å². The van der Waals surface area contributed by atoms with Crippen molar-refractivity contribution >= 4 is 5.97 Å². The molecular weight excluding hydrogens is 218 g/mol. The fourth-order valence-corrected chi connectivity index (χ4v) is 1.64. The van der Waals surface area contributed by atoms with Crippen LogP contribution in [0, 0.1) is 6.92 Å². The highest BCUT2D eigenvalue weighted by Gasteiger charge is 2.10. The van der Waals surface area contributed by atoms with Crippen molar-refractivity contribution in [2.75, 3.05) is 19.6 Å². The van der Waals surface area contributed by atoms with Gasteiger partial charge in [-0.3, -0.25) is 0 Å². The van der Waals surface area contributed by atoms with Gasteiger partial charge in [-0.15, -0.1) is 0 Å². The number of hydrogen-bond acceptors (Lipinski definition) is 4. The zero-order valence-electron chi connectivity index (χ0n) is 10.6. The molecule has 0 spiro atoms. The molecule has 0 radical (unpaired) electrons. The lowest BCUT2D eigenvalue weighted by Crippen LogP contribution is -2.26. The number of carboxylic acids is 1. The predicted molar refractivity (Wildman–Crippen MR) is 65.2 cm³/mol. The standard InChI is InChI=1S/C12H19N3O2/c1-4-15(5-2)7-6-11-13-8-10(12(16)17)9(3)14-11/h8H,4-7H2,1-3H3,(H,16,17). The molecule has 0 saturated heterocycles. The van der Waals surface area contributed by atoms with Gasteiger partial charge < -0.3 is 10.0 Å². The number of nitrogens with zero attached hydrogens (tertiary/aromatic N) is 3. The molecule has 0 unspecified atom stereocenters. The van der Waals surface area contributed by atoms with Crippen molar-refractivity contribution in [2.45, 2.75) is 27.2 Å². The first kappa shape index (κ1) is 13.6. The van der Waals surface area contributed by atoms with Gasteiger partial charge in [-0.1, -0.05) is 13.8 Å². The van der Waals surface area contributed by atoms with E-state index in [0.29, 0.717) is 11.5 Å². The predicted octanol–water partition coefficient (Wildman–Crippen LogP) is 1.37. The minimum Gasteiger partial charge on any atom is -0.478 e. The van der Waals surface area contributed by atoms with Crippen LogP contribution in [0.4, 0.5) is 0 Å². The van der Waals surface area contributed by atoms with Crippen molar-refractivity contribution in [3.8, 4) is 0 Å². The molecule has 0 fully saturated rings. The maximum Gasteiger partial charge on any atom is 0.339 e. The Balaban J connectivity index is 2.67. The van der Waals surface area contributed by atoms with Crippen molar-refractivity contribution in [2.24, 2.45) is 0 Å². The summed E-state index contributed by atoms with van der Waals surface area (Å²) in [7, 11) is 0. The number of aromatic carboxylic acids is 1. The zero-order chi connectivity index (χ0) is 12.8. The topological polar surface area (TPSA) is 66.3 Å². The van der Waals surface area contributed by atoms with Gasteiger partial charge in [0.2, 0.25) is 0 Å². The van der Waals surface area contributed by atoms with Gasteiger partial charge in [-0.05, 0) is 20.0 Å². The van der Waals surface area contributed by atoms with Crippen LogP contribution in [0.5, 0.6) is 0 Å². The van der Waals surface area contributed by atoms with Crippen molar-refractivity contribution < 1.29 is 9.90 Å². The second kappa shape index (κ2) is 6.30. The Morgan fingerprint density at radius 2 is 2.06 bits per heavy atom. The second-order valence-electron chi connectivity index (χ2n) is 3.87. The Kier molecular flexibility index (Phi) is 5.03. The Morgan fingerprint density at radius 3 is 2.53 bits per heavy atom. The van der Waals surface area contributed by atoms with Gasteiger partial charge in [-0.25, -0.2) is 14.8 Å². The Hall–Kier alpha value is -1.49. The van der Waals surface area contributed by atoms with Crippen LogP contribution in [0.1, 0.15) is 35.7 Å². The van der Waals surface area contributed by atoms with Crippen LogP contribution in [-0.2, 0) is 6.42 Å². The van der Waals surface area contributed by atoms with E-state index in [4.69, 9.17) is 5.11 Å². The highest BCUT2D eigenvalue weighted by atomic mass is 16.4. The molecule has 5 nitrogen and oxygen atoms in total. The molecule has 0 bridgehead atoms. The summed E-state index contributed by atoms with van der Waals surface area (Å²) in [5.41, 5.74) is 0.707. The summed E-state index contributed by atoms with van der Waals surface area (Å²) in [5.74, 6) is -0.266. The average Bonchev–Trinajstić information content (AvgIpc) is 2.30. The van der Waals surface area contributed by atoms with Crippen LogP contribution in [0.2, 0.25) is 0 Å². The van der Waals surface area contributed by atoms with Gasteiger partial charge in [-0.2, -0.15) is 0 Å². The number of likely N-dealkylation sites (N-methyl/N-ethyl adjacent to an activating group) is 1. The highest BCUT2D eigenvalue weighted by molar-refractivity contribution is 5.88. The largest absolute Gasteiger partial charge is 0.478 e. The molecule has 0 aliphatic heterocycles. The molecule has 1 heterocycles. The van der Waals surface area contributed by atoms with E-state index in [-0.39, 0.29) is 5.56 Å². The van der Waals surface area contributed by atoms with Crippen LogP contribution < -0.4 is 0 Å². The molecule has 0 atom stereocenters. The molecule has 1 aromatic rings. The van der Waals surface area contributed by atoms with Gasteiger partial charge in [0.15, 0.2) is 0 Å². The number of hydrogen-bond donors (Lipinski definition) is 1. The van der Waals surface area contributed by atoms with E-state index in [1.807, 2.05) is 0 Å². The minimum atomic E-state index is -0.974. The smallest absolute Gasteiger partial charge is 0.339 e. The van der Waals surface area contributed by atoms with E-state index in [2.05, 4.69) is 28.7 Å². The summed E-state index contributed by atoms with van der Waals surface area (Å²) < 4.78 is 0. The summed E-state index contributed by atoms with van der Waals surface area (Å²) >= 11 is 0. The monoisotopic (exact) mass is 237 g/mol. The first-order valence-electron chi connectivity index (χ1n) is 5.86. The van der Waals surface area contributed by atoms with E-state index in [0.717, 1.165) is 26.1 Å². The summed E-state index contributed by atoms with van der Waals surface area (Å²) in [6, 6.07) is 0. The van der Waals surface area contributed by atoms with Crippen LogP contribution in [0.3, 0.4) is 0 Å². The van der Waals surface area contributed by atoms with Gasteiger partial charge >= 0.3 is 5.97 Å². The summed E-state index contributed by atoms with van der Waals surface area (Å²) in [5, 5.41) is 8.86. The van der Waals surface area contributed by atoms with Gasteiger partial charge in [0, 0.05) is 19.2 Å². The number of rotatable bonds is 6. The van der Waals surface area contributed by atoms with Crippen molar-refractivity contribution in [3.05, 3.63) is 23.3 Å². The lowest BCUT2D eigenvalue weighted by Gasteiger charge is -2.17. The molecule has 1 aromatic heterocycles. The third kappa shape index (κ3) is 3.78. The number of carboxylic acid groups (broad SMARTS) is 1. The number of carbonyl (C=O) groups is 1. The van der Waals surface area contributed by atoms with E-state index >= 15 is 0 Å². The van der Waals surface area contributed by atoms with Gasteiger partial charge in [0.25, 0.3) is 0 Å². The average molecular weight is 237 g/mol. The molecule has 0 saturated carbocycles. The van der Waals surface area contributed by atoms with Crippen molar-refractivity contribution in [1.29, 1.82) is 0 Å².